The molecule has 37 heavy (non-hydrogen) atoms. The second kappa shape index (κ2) is 10.7. The van der Waals surface area contributed by atoms with Crippen molar-refractivity contribution in [3.05, 3.63) is 59.7 Å². The molecule has 2 N–H and O–H groups in total. The average molecular weight is 606 g/mol. The number of rotatable bonds is 6. The molecule has 0 fully saturated rings. The van der Waals surface area contributed by atoms with Gasteiger partial charge in [-0.1, -0.05) is 53.0 Å². The highest BCUT2D eigenvalue weighted by atomic mass is 35.6. The third-order valence-electron chi connectivity index (χ3n) is 4.46. The Morgan fingerprint density at radius 3 is 1.81 bits per heavy atom. The fourth-order valence-electron chi connectivity index (χ4n) is 2.74. The maximum absolute atomic E-state index is 14.5. The third kappa shape index (κ3) is 7.05. The second-order valence-corrected chi connectivity index (χ2v) is 9.67. The predicted molar refractivity (Wildman–Crippen MR) is 116 cm³/mol. The van der Waals surface area contributed by atoms with Crippen LogP contribution in [-0.4, -0.2) is 40.7 Å². The largest absolute Gasteiger partial charge is 0.457 e. The van der Waals surface area contributed by atoms with Gasteiger partial charge in [0, 0.05) is 22.5 Å². The average Bonchev–Trinajstić information content (AvgIpc) is 2.75. The van der Waals surface area contributed by atoms with Crippen molar-refractivity contribution in [2.75, 3.05) is 17.2 Å². The van der Waals surface area contributed by atoms with Gasteiger partial charge in [0.1, 0.15) is 6.61 Å². The van der Waals surface area contributed by atoms with Gasteiger partial charge in [0.15, 0.2) is 0 Å². The van der Waals surface area contributed by atoms with Crippen LogP contribution in [0.3, 0.4) is 0 Å². The topological polar surface area (TPSA) is 67.4 Å². The normalized spacial score (nSPS) is 14.5. The number of ether oxygens (including phenoxy) is 1. The highest BCUT2D eigenvalue weighted by Gasteiger charge is 2.81. The standard InChI is InChI=1S/C20H12Cl3F9N2O3/c21-16(22,23)9-37-15(36)34-13-3-1-2-10(8-13)14(35)33-12-6-4-11(5-7-12)17(24,19(27,28)29)18(25,26)20(30,31)32/h1-8H,9H2,(H,33,35)(H,34,36). The smallest absolute Gasteiger partial charge is 0.445 e. The summed E-state index contributed by atoms with van der Waals surface area (Å²) >= 11 is 16.3. The number of halogens is 12. The molecule has 0 aromatic heterocycles. The highest BCUT2D eigenvalue weighted by molar-refractivity contribution is 6.67. The Kier molecular flexibility index (Phi) is 8.82. The van der Waals surface area contributed by atoms with Gasteiger partial charge >= 0.3 is 30.0 Å². The van der Waals surface area contributed by atoms with E-state index in [1.807, 2.05) is 0 Å². The van der Waals surface area contributed by atoms with Crippen LogP contribution in [0.4, 0.5) is 55.7 Å². The lowest BCUT2D eigenvalue weighted by molar-refractivity contribution is -0.389. The van der Waals surface area contributed by atoms with Crippen LogP contribution in [0.25, 0.3) is 0 Å². The maximum Gasteiger partial charge on any atom is 0.457 e. The Bertz CT molecular complexity index is 1140. The summed E-state index contributed by atoms with van der Waals surface area (Å²) in [5.74, 6) is -7.77. The summed E-state index contributed by atoms with van der Waals surface area (Å²) in [5, 5.41) is 4.33. The van der Waals surface area contributed by atoms with Crippen LogP contribution in [0.15, 0.2) is 48.5 Å². The summed E-state index contributed by atoms with van der Waals surface area (Å²) in [7, 11) is 0. The number of nitrogens with one attached hydrogen (secondary N) is 2. The number of carbonyl (C=O) groups is 2. The van der Waals surface area contributed by atoms with Gasteiger partial charge in [-0.2, -0.15) is 35.1 Å². The summed E-state index contributed by atoms with van der Waals surface area (Å²) in [6, 6.07) is 6.00. The summed E-state index contributed by atoms with van der Waals surface area (Å²) in [6.07, 6.45) is -14.6. The third-order valence-corrected chi connectivity index (χ3v) is 4.79. The van der Waals surface area contributed by atoms with Crippen LogP contribution in [0, 0.1) is 0 Å². The van der Waals surface area contributed by atoms with E-state index in [1.54, 1.807) is 0 Å². The van der Waals surface area contributed by atoms with Crippen molar-refractivity contribution in [3.63, 3.8) is 0 Å². The number of carbonyl (C=O) groups excluding carboxylic acids is 2. The SMILES string of the molecule is O=C(Nc1cccc(C(=O)Nc2ccc(C(F)(C(F)(F)F)C(F)(F)C(F)(F)F)cc2)c1)OCC(Cl)(Cl)Cl. The molecule has 0 heterocycles. The first kappa shape index (κ1) is 30.6. The van der Waals surface area contributed by atoms with Gasteiger partial charge in [0.25, 0.3) is 5.91 Å². The van der Waals surface area contributed by atoms with Crippen LogP contribution >= 0.6 is 34.8 Å². The van der Waals surface area contributed by atoms with E-state index in [1.165, 1.54) is 18.2 Å². The molecule has 2 rings (SSSR count). The van der Waals surface area contributed by atoms with Crippen molar-refractivity contribution in [2.45, 2.75) is 27.7 Å². The first-order valence-corrected chi connectivity index (χ1v) is 10.5. The fraction of sp³-hybridized carbons (Fsp3) is 0.300. The molecule has 0 aliphatic rings. The minimum atomic E-state index is -6.86. The zero-order valence-electron chi connectivity index (χ0n) is 17.6. The predicted octanol–water partition coefficient (Wildman–Crippen LogP) is 7.78. The molecule has 0 spiro atoms. The van der Waals surface area contributed by atoms with E-state index in [9.17, 15) is 49.1 Å². The molecule has 1 unspecified atom stereocenters. The monoisotopic (exact) mass is 604 g/mol. The van der Waals surface area contributed by atoms with E-state index in [2.05, 4.69) is 15.4 Å². The Morgan fingerprint density at radius 2 is 1.32 bits per heavy atom. The summed E-state index contributed by atoms with van der Waals surface area (Å²) in [5.41, 5.74) is -8.67. The molecule has 0 aliphatic carbocycles. The number of hydrogen-bond donors (Lipinski definition) is 2. The number of amides is 2. The van der Waals surface area contributed by atoms with E-state index in [-0.39, 0.29) is 29.1 Å². The lowest BCUT2D eigenvalue weighted by atomic mass is 9.87. The first-order chi connectivity index (χ1) is 16.7. The quantitative estimate of drug-likeness (QED) is 0.261. The molecule has 0 aliphatic heterocycles. The van der Waals surface area contributed by atoms with Gasteiger partial charge in [-0.15, -0.1) is 0 Å². The van der Waals surface area contributed by atoms with E-state index in [0.717, 1.165) is 6.07 Å². The van der Waals surface area contributed by atoms with Gasteiger partial charge in [0.05, 0.1) is 0 Å². The number of benzene rings is 2. The van der Waals surface area contributed by atoms with E-state index in [0.29, 0.717) is 12.1 Å². The minimum Gasteiger partial charge on any atom is -0.445 e. The maximum atomic E-state index is 14.5. The molecular formula is C20H12Cl3F9N2O3. The Labute approximate surface area is 216 Å². The summed E-state index contributed by atoms with van der Waals surface area (Å²) in [6.45, 7) is -0.608. The zero-order valence-corrected chi connectivity index (χ0v) is 19.9. The van der Waals surface area contributed by atoms with E-state index >= 15 is 0 Å². The van der Waals surface area contributed by atoms with Crippen molar-refractivity contribution in [1.29, 1.82) is 0 Å². The first-order valence-electron chi connectivity index (χ1n) is 9.42. The molecule has 2 aromatic rings. The van der Waals surface area contributed by atoms with Gasteiger partial charge in [-0.05, 0) is 30.3 Å². The molecule has 0 saturated carbocycles. The van der Waals surface area contributed by atoms with Crippen LogP contribution in [-0.2, 0) is 10.4 Å². The Morgan fingerprint density at radius 1 is 0.757 bits per heavy atom. The van der Waals surface area contributed by atoms with Crippen LogP contribution in [0.2, 0.25) is 0 Å². The number of alkyl halides is 12. The fourth-order valence-corrected chi connectivity index (χ4v) is 2.91. The summed E-state index contributed by atoms with van der Waals surface area (Å²) in [4.78, 5) is 24.1. The number of hydrogen-bond acceptors (Lipinski definition) is 3. The highest BCUT2D eigenvalue weighted by Crippen LogP contribution is 2.58. The van der Waals surface area contributed by atoms with Gasteiger partial charge in [-0.3, -0.25) is 10.1 Å². The molecule has 0 radical (unpaired) electrons. The molecular weight excluding hydrogens is 594 g/mol. The van der Waals surface area contributed by atoms with Gasteiger partial charge < -0.3 is 10.1 Å². The van der Waals surface area contributed by atoms with E-state index < -0.39 is 51.9 Å². The molecule has 17 heteroatoms. The van der Waals surface area contributed by atoms with Crippen LogP contribution in [0.1, 0.15) is 15.9 Å². The minimum absolute atomic E-state index is 0.0130. The number of anilines is 2. The molecule has 2 amide bonds. The van der Waals surface area contributed by atoms with Gasteiger partial charge in [0.2, 0.25) is 3.79 Å². The molecule has 2 aromatic carbocycles. The molecule has 0 bridgehead atoms. The molecule has 0 saturated heterocycles. The van der Waals surface area contributed by atoms with Crippen molar-refractivity contribution in [1.82, 2.24) is 0 Å². The van der Waals surface area contributed by atoms with Crippen molar-refractivity contribution in [2.24, 2.45) is 0 Å². The lowest BCUT2D eigenvalue weighted by Crippen LogP contribution is -2.59. The van der Waals surface area contributed by atoms with E-state index in [4.69, 9.17) is 34.8 Å². The molecule has 204 valence electrons. The second-order valence-electron chi connectivity index (χ2n) is 7.16. The van der Waals surface area contributed by atoms with Crippen molar-refractivity contribution < 1.29 is 53.8 Å². The van der Waals surface area contributed by atoms with Crippen molar-refractivity contribution in [3.8, 4) is 0 Å². The molecule has 5 nitrogen and oxygen atoms in total. The Hall–Kier alpha value is -2.58. The summed E-state index contributed by atoms with van der Waals surface area (Å²) < 4.78 is 121. The van der Waals surface area contributed by atoms with Gasteiger partial charge in [-0.25, -0.2) is 9.18 Å². The lowest BCUT2D eigenvalue weighted by Gasteiger charge is -2.36. The van der Waals surface area contributed by atoms with Crippen LogP contribution < -0.4 is 10.6 Å². The molecule has 1 atom stereocenters. The zero-order chi connectivity index (χ0) is 28.4. The van der Waals surface area contributed by atoms with Crippen LogP contribution in [0.5, 0.6) is 0 Å². The Balaban J connectivity index is 2.22. The van der Waals surface area contributed by atoms with Crippen molar-refractivity contribution >= 4 is 58.2 Å².